The highest BCUT2D eigenvalue weighted by atomic mass is 19.4. The first-order chi connectivity index (χ1) is 9.61. The van der Waals surface area contributed by atoms with E-state index in [-0.39, 0.29) is 6.54 Å². The molecule has 116 valence electrons. The van der Waals surface area contributed by atoms with Gasteiger partial charge in [0.15, 0.2) is 0 Å². The number of nitrogens with two attached hydrogens (primary N) is 1. The third-order valence-electron chi connectivity index (χ3n) is 2.78. The van der Waals surface area contributed by atoms with E-state index in [4.69, 9.17) is 5.73 Å². The first-order valence-electron chi connectivity index (χ1n) is 6.08. The van der Waals surface area contributed by atoms with E-state index in [1.807, 2.05) is 0 Å². The number of likely N-dealkylation sites (N-methyl/N-ethyl adjacent to an activating group) is 1. The third-order valence-corrected chi connectivity index (χ3v) is 2.78. The van der Waals surface area contributed by atoms with Crippen LogP contribution in [0.5, 0.6) is 0 Å². The minimum Gasteiger partial charge on any atom is -0.352 e. The van der Waals surface area contributed by atoms with E-state index in [1.54, 1.807) is 0 Å². The van der Waals surface area contributed by atoms with Crippen molar-refractivity contribution >= 4 is 11.9 Å². The zero-order valence-corrected chi connectivity index (χ0v) is 11.6. The van der Waals surface area contributed by atoms with E-state index >= 15 is 0 Å². The van der Waals surface area contributed by atoms with Gasteiger partial charge in [-0.3, -0.25) is 4.79 Å². The van der Waals surface area contributed by atoms with Crippen molar-refractivity contribution in [2.75, 3.05) is 7.05 Å². The molecule has 0 bridgehead atoms. The molecule has 0 saturated carbocycles. The number of primary amides is 1. The molecule has 0 aromatic heterocycles. The summed E-state index contributed by atoms with van der Waals surface area (Å²) in [5.74, 6) is -0.453. The highest BCUT2D eigenvalue weighted by Crippen LogP contribution is 2.29. The fraction of sp³-hybridized carbons (Fsp3) is 0.385. The summed E-state index contributed by atoms with van der Waals surface area (Å²) in [5, 5.41) is 2.21. The Bertz CT molecular complexity index is 532. The molecule has 1 rings (SSSR count). The minimum atomic E-state index is -4.43. The number of carbonyl (C=O) groups excluding carboxylic acids is 2. The van der Waals surface area contributed by atoms with E-state index in [0.717, 1.165) is 12.1 Å². The molecule has 3 N–H and O–H groups in total. The first kappa shape index (κ1) is 16.8. The summed E-state index contributed by atoms with van der Waals surface area (Å²) < 4.78 is 37.8. The average Bonchev–Trinajstić information content (AvgIpc) is 2.36. The van der Waals surface area contributed by atoms with Gasteiger partial charge in [0.05, 0.1) is 5.56 Å². The number of urea groups is 1. The van der Waals surface area contributed by atoms with E-state index < -0.39 is 29.7 Å². The van der Waals surface area contributed by atoms with Gasteiger partial charge in [-0.1, -0.05) is 12.1 Å². The number of halogens is 3. The molecule has 0 aliphatic rings. The Morgan fingerprint density at radius 2 is 2.00 bits per heavy atom. The predicted octanol–water partition coefficient (Wildman–Crippen LogP) is 1.72. The maximum atomic E-state index is 12.6. The monoisotopic (exact) mass is 303 g/mol. The lowest BCUT2D eigenvalue weighted by Gasteiger charge is -2.22. The number of rotatable bonds is 4. The standard InChI is InChI=1S/C13H16F3N3O2/c1-8(18-12(17)21)11(20)19(2)7-9-4-3-5-10(6-9)13(14,15)16/h3-6,8H,7H2,1-2H3,(H3,17,18,21). The topological polar surface area (TPSA) is 75.4 Å². The van der Waals surface area contributed by atoms with Gasteiger partial charge in [-0.15, -0.1) is 0 Å². The van der Waals surface area contributed by atoms with Crippen LogP contribution in [0.3, 0.4) is 0 Å². The normalized spacial score (nSPS) is 12.6. The lowest BCUT2D eigenvalue weighted by molar-refractivity contribution is -0.137. The Labute approximate surface area is 119 Å². The van der Waals surface area contributed by atoms with Crippen molar-refractivity contribution in [3.05, 3.63) is 35.4 Å². The third kappa shape index (κ3) is 4.97. The van der Waals surface area contributed by atoms with Crippen LogP contribution in [-0.2, 0) is 17.5 Å². The number of carbonyl (C=O) groups is 2. The predicted molar refractivity (Wildman–Crippen MR) is 70.1 cm³/mol. The number of nitrogens with zero attached hydrogens (tertiary/aromatic N) is 1. The molecule has 0 fully saturated rings. The zero-order chi connectivity index (χ0) is 16.2. The minimum absolute atomic E-state index is 0.00641. The summed E-state index contributed by atoms with van der Waals surface area (Å²) in [5.41, 5.74) is 4.47. The number of benzene rings is 1. The van der Waals surface area contributed by atoms with Gasteiger partial charge in [-0.2, -0.15) is 13.2 Å². The van der Waals surface area contributed by atoms with Gasteiger partial charge in [0.25, 0.3) is 0 Å². The van der Waals surface area contributed by atoms with E-state index in [1.165, 1.54) is 31.0 Å². The molecule has 0 spiro atoms. The molecule has 1 atom stereocenters. The van der Waals surface area contributed by atoms with Crippen molar-refractivity contribution in [2.45, 2.75) is 25.7 Å². The molecule has 3 amide bonds. The highest BCUT2D eigenvalue weighted by molar-refractivity contribution is 5.86. The Kier molecular flexibility index (Phi) is 5.17. The van der Waals surface area contributed by atoms with E-state index in [2.05, 4.69) is 5.32 Å². The maximum absolute atomic E-state index is 12.6. The first-order valence-corrected chi connectivity index (χ1v) is 6.08. The van der Waals surface area contributed by atoms with Crippen molar-refractivity contribution in [3.63, 3.8) is 0 Å². The summed E-state index contributed by atoms with van der Waals surface area (Å²) in [6, 6.07) is 3.02. The average molecular weight is 303 g/mol. The molecule has 8 heteroatoms. The fourth-order valence-electron chi connectivity index (χ4n) is 1.80. The Morgan fingerprint density at radius 3 is 2.52 bits per heavy atom. The number of hydrogen-bond donors (Lipinski definition) is 2. The van der Waals surface area contributed by atoms with Crippen LogP contribution < -0.4 is 11.1 Å². The lowest BCUT2D eigenvalue weighted by atomic mass is 10.1. The van der Waals surface area contributed by atoms with Crippen LogP contribution in [0.25, 0.3) is 0 Å². The smallest absolute Gasteiger partial charge is 0.352 e. The number of hydrogen-bond acceptors (Lipinski definition) is 2. The van der Waals surface area contributed by atoms with Crippen molar-refractivity contribution < 1.29 is 22.8 Å². The molecular formula is C13H16F3N3O2. The Morgan fingerprint density at radius 1 is 1.38 bits per heavy atom. The van der Waals surface area contributed by atoms with Gasteiger partial charge in [-0.05, 0) is 24.6 Å². The molecule has 1 aromatic carbocycles. The molecule has 0 aliphatic heterocycles. The second kappa shape index (κ2) is 6.47. The summed E-state index contributed by atoms with van der Waals surface area (Å²) in [6.07, 6.45) is -4.43. The summed E-state index contributed by atoms with van der Waals surface area (Å²) in [7, 11) is 1.43. The highest BCUT2D eigenvalue weighted by Gasteiger charge is 2.30. The van der Waals surface area contributed by atoms with Gasteiger partial charge in [0, 0.05) is 13.6 Å². The number of amides is 3. The molecule has 5 nitrogen and oxygen atoms in total. The molecule has 0 aliphatic carbocycles. The second-order valence-electron chi connectivity index (χ2n) is 4.62. The Hall–Kier alpha value is -2.25. The zero-order valence-electron chi connectivity index (χ0n) is 11.6. The van der Waals surface area contributed by atoms with Gasteiger partial charge >= 0.3 is 12.2 Å². The van der Waals surface area contributed by atoms with Crippen LogP contribution >= 0.6 is 0 Å². The van der Waals surface area contributed by atoms with E-state index in [0.29, 0.717) is 5.56 Å². The largest absolute Gasteiger partial charge is 0.416 e. The quantitative estimate of drug-likeness (QED) is 0.888. The molecule has 0 radical (unpaired) electrons. The summed E-state index contributed by atoms with van der Waals surface area (Å²) in [4.78, 5) is 23.8. The van der Waals surface area contributed by atoms with Crippen molar-refractivity contribution in [2.24, 2.45) is 5.73 Å². The van der Waals surface area contributed by atoms with Gasteiger partial charge in [0.2, 0.25) is 5.91 Å². The fourth-order valence-corrected chi connectivity index (χ4v) is 1.80. The van der Waals surface area contributed by atoms with Crippen LogP contribution in [0.15, 0.2) is 24.3 Å². The van der Waals surface area contributed by atoms with E-state index in [9.17, 15) is 22.8 Å². The van der Waals surface area contributed by atoms with Crippen LogP contribution in [0.1, 0.15) is 18.1 Å². The molecule has 1 aromatic rings. The van der Waals surface area contributed by atoms with Crippen LogP contribution in [0, 0.1) is 0 Å². The number of nitrogens with one attached hydrogen (secondary N) is 1. The molecule has 21 heavy (non-hydrogen) atoms. The second-order valence-corrected chi connectivity index (χ2v) is 4.62. The molecule has 1 unspecified atom stereocenters. The Balaban J connectivity index is 2.77. The maximum Gasteiger partial charge on any atom is 0.416 e. The molecule has 0 heterocycles. The van der Waals surface area contributed by atoms with Gasteiger partial charge in [0.1, 0.15) is 6.04 Å². The van der Waals surface area contributed by atoms with Crippen molar-refractivity contribution in [1.82, 2.24) is 10.2 Å². The molecule has 0 saturated heterocycles. The van der Waals surface area contributed by atoms with Crippen LogP contribution in [0.2, 0.25) is 0 Å². The van der Waals surface area contributed by atoms with Gasteiger partial charge in [-0.25, -0.2) is 4.79 Å². The van der Waals surface area contributed by atoms with Crippen LogP contribution in [-0.4, -0.2) is 29.9 Å². The van der Waals surface area contributed by atoms with Crippen LogP contribution in [0.4, 0.5) is 18.0 Å². The summed E-state index contributed by atoms with van der Waals surface area (Å²) in [6.45, 7) is 1.43. The van der Waals surface area contributed by atoms with Crippen molar-refractivity contribution in [3.8, 4) is 0 Å². The SMILES string of the molecule is CC(NC(N)=O)C(=O)N(C)Cc1cccc(C(F)(F)F)c1. The number of alkyl halides is 3. The van der Waals surface area contributed by atoms with Crippen molar-refractivity contribution in [1.29, 1.82) is 0 Å². The molecular weight excluding hydrogens is 287 g/mol. The van der Waals surface area contributed by atoms with Gasteiger partial charge < -0.3 is 16.0 Å². The summed E-state index contributed by atoms with van der Waals surface area (Å²) >= 11 is 0. The lowest BCUT2D eigenvalue weighted by Crippen LogP contribution is -2.47.